The maximum absolute atomic E-state index is 4.18. The molecule has 3 rings (SSSR count). The smallest absolute Gasteiger partial charge is 0.147 e. The SMILES string of the molecule is CNCCc1ccccc1CN1CCn2cnnc2C1. The largest absolute Gasteiger partial charge is 0.319 e. The zero-order valence-corrected chi connectivity index (χ0v) is 11.9. The van der Waals surface area contributed by atoms with Crippen molar-refractivity contribution in [3.8, 4) is 0 Å². The fourth-order valence-electron chi connectivity index (χ4n) is 2.71. The molecule has 1 aliphatic rings. The molecule has 20 heavy (non-hydrogen) atoms. The van der Waals surface area contributed by atoms with Gasteiger partial charge in [0.15, 0.2) is 0 Å². The van der Waals surface area contributed by atoms with Gasteiger partial charge >= 0.3 is 0 Å². The van der Waals surface area contributed by atoms with E-state index in [4.69, 9.17) is 0 Å². The number of nitrogens with zero attached hydrogens (tertiary/aromatic N) is 4. The lowest BCUT2D eigenvalue weighted by molar-refractivity contribution is 0.208. The van der Waals surface area contributed by atoms with Crippen molar-refractivity contribution >= 4 is 0 Å². The molecule has 0 unspecified atom stereocenters. The number of rotatable bonds is 5. The number of fused-ring (bicyclic) bond motifs is 1. The number of benzene rings is 1. The van der Waals surface area contributed by atoms with Gasteiger partial charge in [0, 0.05) is 19.6 Å². The van der Waals surface area contributed by atoms with Crippen LogP contribution in [0.2, 0.25) is 0 Å². The molecule has 0 fully saturated rings. The summed E-state index contributed by atoms with van der Waals surface area (Å²) < 4.78 is 2.14. The summed E-state index contributed by atoms with van der Waals surface area (Å²) in [6.45, 7) is 4.95. The first-order valence-corrected chi connectivity index (χ1v) is 7.17. The van der Waals surface area contributed by atoms with Crippen molar-refractivity contribution in [1.82, 2.24) is 25.0 Å². The molecule has 0 atom stereocenters. The molecular formula is C15H21N5. The van der Waals surface area contributed by atoms with E-state index in [2.05, 4.69) is 49.2 Å². The summed E-state index contributed by atoms with van der Waals surface area (Å²) in [6, 6.07) is 8.73. The van der Waals surface area contributed by atoms with Gasteiger partial charge in [-0.15, -0.1) is 10.2 Å². The van der Waals surface area contributed by atoms with E-state index in [1.54, 1.807) is 0 Å². The Bertz CT molecular complexity index is 563. The van der Waals surface area contributed by atoms with Crippen molar-refractivity contribution < 1.29 is 0 Å². The van der Waals surface area contributed by atoms with Crippen LogP contribution in [0.5, 0.6) is 0 Å². The van der Waals surface area contributed by atoms with E-state index in [0.29, 0.717) is 0 Å². The highest BCUT2D eigenvalue weighted by molar-refractivity contribution is 5.27. The molecule has 2 aromatic rings. The zero-order valence-electron chi connectivity index (χ0n) is 11.9. The summed E-state index contributed by atoms with van der Waals surface area (Å²) in [4.78, 5) is 2.45. The van der Waals surface area contributed by atoms with Crippen LogP contribution in [-0.2, 0) is 26.1 Å². The van der Waals surface area contributed by atoms with Gasteiger partial charge in [-0.3, -0.25) is 4.90 Å². The highest BCUT2D eigenvalue weighted by Crippen LogP contribution is 2.16. The number of likely N-dealkylation sites (N-methyl/N-ethyl adjacent to an activating group) is 1. The molecule has 1 aromatic heterocycles. The van der Waals surface area contributed by atoms with E-state index in [1.807, 2.05) is 13.4 Å². The maximum atomic E-state index is 4.18. The van der Waals surface area contributed by atoms with Crippen LogP contribution in [0.25, 0.3) is 0 Å². The van der Waals surface area contributed by atoms with Gasteiger partial charge in [0.25, 0.3) is 0 Å². The normalized spacial score (nSPS) is 15.2. The van der Waals surface area contributed by atoms with Crippen LogP contribution in [-0.4, -0.2) is 39.8 Å². The lowest BCUT2D eigenvalue weighted by atomic mass is 10.0. The minimum atomic E-state index is 0.889. The van der Waals surface area contributed by atoms with Gasteiger partial charge in [0.2, 0.25) is 0 Å². The second kappa shape index (κ2) is 6.15. The molecule has 106 valence electrons. The molecule has 0 spiro atoms. The zero-order chi connectivity index (χ0) is 13.8. The molecule has 0 amide bonds. The highest BCUT2D eigenvalue weighted by atomic mass is 15.3. The Kier molecular flexibility index (Phi) is 4.08. The lowest BCUT2D eigenvalue weighted by Crippen LogP contribution is -2.33. The second-order valence-corrected chi connectivity index (χ2v) is 5.27. The number of aromatic nitrogens is 3. The van der Waals surface area contributed by atoms with Crippen molar-refractivity contribution in [2.24, 2.45) is 0 Å². The summed E-state index contributed by atoms with van der Waals surface area (Å²) in [5.41, 5.74) is 2.87. The second-order valence-electron chi connectivity index (χ2n) is 5.27. The van der Waals surface area contributed by atoms with E-state index in [-0.39, 0.29) is 0 Å². The highest BCUT2D eigenvalue weighted by Gasteiger charge is 2.18. The maximum Gasteiger partial charge on any atom is 0.147 e. The Morgan fingerprint density at radius 2 is 2.05 bits per heavy atom. The van der Waals surface area contributed by atoms with Gasteiger partial charge in [-0.05, 0) is 31.1 Å². The van der Waals surface area contributed by atoms with E-state index in [1.165, 1.54) is 11.1 Å². The molecule has 5 nitrogen and oxygen atoms in total. The van der Waals surface area contributed by atoms with Crippen molar-refractivity contribution in [3.63, 3.8) is 0 Å². The van der Waals surface area contributed by atoms with Crippen LogP contribution in [0.4, 0.5) is 0 Å². The first-order chi connectivity index (χ1) is 9.86. The Balaban J connectivity index is 1.69. The number of hydrogen-bond acceptors (Lipinski definition) is 4. The monoisotopic (exact) mass is 271 g/mol. The van der Waals surface area contributed by atoms with Crippen LogP contribution >= 0.6 is 0 Å². The number of hydrogen-bond donors (Lipinski definition) is 1. The average Bonchev–Trinajstić information content (AvgIpc) is 2.94. The molecule has 1 aromatic carbocycles. The van der Waals surface area contributed by atoms with E-state index in [9.17, 15) is 0 Å². The van der Waals surface area contributed by atoms with E-state index < -0.39 is 0 Å². The molecule has 5 heteroatoms. The molecule has 1 aliphatic heterocycles. The van der Waals surface area contributed by atoms with Gasteiger partial charge in [0.05, 0.1) is 6.54 Å². The third kappa shape index (κ3) is 2.89. The van der Waals surface area contributed by atoms with Gasteiger partial charge in [-0.25, -0.2) is 0 Å². The Labute approximate surface area is 119 Å². The average molecular weight is 271 g/mol. The molecule has 0 saturated heterocycles. The molecular weight excluding hydrogens is 250 g/mol. The summed E-state index contributed by atoms with van der Waals surface area (Å²) in [6.07, 6.45) is 2.91. The van der Waals surface area contributed by atoms with Crippen LogP contribution in [0.15, 0.2) is 30.6 Å². The summed E-state index contributed by atoms with van der Waals surface area (Å²) in [7, 11) is 2.00. The third-order valence-corrected chi connectivity index (χ3v) is 3.87. The van der Waals surface area contributed by atoms with Crippen molar-refractivity contribution in [3.05, 3.63) is 47.5 Å². The summed E-state index contributed by atoms with van der Waals surface area (Å²) >= 11 is 0. The fraction of sp³-hybridized carbons (Fsp3) is 0.467. The van der Waals surface area contributed by atoms with Crippen LogP contribution in [0.3, 0.4) is 0 Å². The predicted molar refractivity (Wildman–Crippen MR) is 78.2 cm³/mol. The summed E-state index contributed by atoms with van der Waals surface area (Å²) in [5, 5.41) is 11.4. The molecule has 0 aliphatic carbocycles. The minimum Gasteiger partial charge on any atom is -0.319 e. The Morgan fingerprint density at radius 3 is 2.90 bits per heavy atom. The first-order valence-electron chi connectivity index (χ1n) is 7.17. The standard InChI is InChI=1S/C15H21N5/c1-16-7-6-13-4-2-3-5-14(13)10-19-8-9-20-12-17-18-15(20)11-19/h2-5,12,16H,6-11H2,1H3. The number of nitrogens with one attached hydrogen (secondary N) is 1. The summed E-state index contributed by atoms with van der Waals surface area (Å²) in [5.74, 6) is 1.07. The minimum absolute atomic E-state index is 0.889. The van der Waals surface area contributed by atoms with Gasteiger partial charge < -0.3 is 9.88 Å². The van der Waals surface area contributed by atoms with Crippen LogP contribution in [0, 0.1) is 0 Å². The van der Waals surface area contributed by atoms with Crippen molar-refractivity contribution in [1.29, 1.82) is 0 Å². The van der Waals surface area contributed by atoms with Crippen molar-refractivity contribution in [2.75, 3.05) is 20.1 Å². The van der Waals surface area contributed by atoms with Crippen molar-refractivity contribution in [2.45, 2.75) is 26.1 Å². The quantitative estimate of drug-likeness (QED) is 0.883. The van der Waals surface area contributed by atoms with Gasteiger partial charge in [0.1, 0.15) is 12.2 Å². The van der Waals surface area contributed by atoms with E-state index in [0.717, 1.165) is 45.0 Å². The molecule has 0 bridgehead atoms. The molecule has 1 N–H and O–H groups in total. The molecule has 2 heterocycles. The first kappa shape index (κ1) is 13.3. The van der Waals surface area contributed by atoms with Crippen LogP contribution in [0.1, 0.15) is 17.0 Å². The molecule has 0 saturated carbocycles. The topological polar surface area (TPSA) is 46.0 Å². The lowest BCUT2D eigenvalue weighted by Gasteiger charge is -2.27. The molecule has 0 radical (unpaired) electrons. The van der Waals surface area contributed by atoms with Gasteiger partial charge in [-0.1, -0.05) is 24.3 Å². The Hall–Kier alpha value is -1.72. The fourth-order valence-corrected chi connectivity index (χ4v) is 2.71. The predicted octanol–water partition coefficient (Wildman–Crippen LogP) is 1.06. The van der Waals surface area contributed by atoms with E-state index >= 15 is 0 Å². The van der Waals surface area contributed by atoms with Gasteiger partial charge in [-0.2, -0.15) is 0 Å². The van der Waals surface area contributed by atoms with Crippen LogP contribution < -0.4 is 5.32 Å². The third-order valence-electron chi connectivity index (χ3n) is 3.87. The Morgan fingerprint density at radius 1 is 1.20 bits per heavy atom.